The number of carbonyl (C=O) groups excluding carboxylic acids is 1. The standard InChI is InChI=1S/C15H19N3O7/c1-8(19)16-11-6-12(14(21)15(22)13(11)20)17-25-7-9-2-4-10(5-3-9)18(23)24/h2-5,11,13-15,20-22H,6-7H2,1H3,(H,16,19)/b17-12+/t11-,13+,14-,15-/m0/s1. The lowest BCUT2D eigenvalue weighted by Crippen LogP contribution is -2.59. The Balaban J connectivity index is 2.00. The number of hydrogen-bond acceptors (Lipinski definition) is 8. The molecule has 1 amide bonds. The highest BCUT2D eigenvalue weighted by Crippen LogP contribution is 2.19. The molecule has 0 unspecified atom stereocenters. The predicted molar refractivity (Wildman–Crippen MR) is 85.6 cm³/mol. The average molecular weight is 353 g/mol. The molecule has 136 valence electrons. The summed E-state index contributed by atoms with van der Waals surface area (Å²) in [6.45, 7) is 1.27. The van der Waals surface area contributed by atoms with Crippen LogP contribution in [0, 0.1) is 10.1 Å². The smallest absolute Gasteiger partial charge is 0.269 e. The van der Waals surface area contributed by atoms with Crippen molar-refractivity contribution in [2.45, 2.75) is 44.3 Å². The Morgan fingerprint density at radius 3 is 2.52 bits per heavy atom. The van der Waals surface area contributed by atoms with Gasteiger partial charge >= 0.3 is 0 Å². The third kappa shape index (κ3) is 4.72. The first-order valence-corrected chi connectivity index (χ1v) is 7.53. The van der Waals surface area contributed by atoms with Crippen molar-refractivity contribution in [1.29, 1.82) is 0 Å². The maximum atomic E-state index is 11.1. The summed E-state index contributed by atoms with van der Waals surface area (Å²) in [5.41, 5.74) is 0.658. The molecule has 4 N–H and O–H groups in total. The van der Waals surface area contributed by atoms with E-state index in [1.807, 2.05) is 0 Å². The van der Waals surface area contributed by atoms with Gasteiger partial charge in [0.05, 0.1) is 16.7 Å². The molecule has 1 saturated carbocycles. The fourth-order valence-corrected chi connectivity index (χ4v) is 2.48. The number of carbonyl (C=O) groups is 1. The molecule has 0 radical (unpaired) electrons. The molecule has 10 nitrogen and oxygen atoms in total. The second-order valence-electron chi connectivity index (χ2n) is 5.72. The summed E-state index contributed by atoms with van der Waals surface area (Å²) in [6, 6.07) is 4.88. The van der Waals surface area contributed by atoms with E-state index in [0.717, 1.165) is 0 Å². The van der Waals surface area contributed by atoms with Crippen LogP contribution in [0.25, 0.3) is 0 Å². The number of nitrogens with one attached hydrogen (secondary N) is 1. The number of nitrogens with zero attached hydrogens (tertiary/aromatic N) is 2. The van der Waals surface area contributed by atoms with Crippen LogP contribution in [0.1, 0.15) is 18.9 Å². The van der Waals surface area contributed by atoms with Crippen molar-refractivity contribution in [2.24, 2.45) is 5.16 Å². The Bertz CT molecular complexity index is 662. The first-order chi connectivity index (χ1) is 11.8. The lowest BCUT2D eigenvalue weighted by Gasteiger charge is -2.35. The molecule has 1 aromatic carbocycles. The van der Waals surface area contributed by atoms with E-state index in [-0.39, 0.29) is 24.4 Å². The molecule has 0 aliphatic heterocycles. The molecule has 0 spiro atoms. The Hall–Kier alpha value is -2.56. The van der Waals surface area contributed by atoms with Crippen LogP contribution >= 0.6 is 0 Å². The van der Waals surface area contributed by atoms with Crippen molar-refractivity contribution in [3.63, 3.8) is 0 Å². The summed E-state index contributed by atoms with van der Waals surface area (Å²) in [5, 5.41) is 46.5. The zero-order valence-electron chi connectivity index (χ0n) is 13.4. The van der Waals surface area contributed by atoms with Gasteiger partial charge in [-0.25, -0.2) is 0 Å². The van der Waals surface area contributed by atoms with Crippen LogP contribution < -0.4 is 5.32 Å². The van der Waals surface area contributed by atoms with E-state index in [4.69, 9.17) is 4.84 Å². The average Bonchev–Trinajstić information content (AvgIpc) is 2.57. The highest BCUT2D eigenvalue weighted by atomic mass is 16.6. The van der Waals surface area contributed by atoms with E-state index < -0.39 is 35.2 Å². The summed E-state index contributed by atoms with van der Waals surface area (Å²) in [7, 11) is 0. The molecular weight excluding hydrogens is 334 g/mol. The highest BCUT2D eigenvalue weighted by Gasteiger charge is 2.41. The van der Waals surface area contributed by atoms with Crippen LogP contribution in [0.4, 0.5) is 5.69 Å². The Labute approximate surface area is 142 Å². The van der Waals surface area contributed by atoms with Crippen LogP contribution in [0.15, 0.2) is 29.4 Å². The van der Waals surface area contributed by atoms with E-state index >= 15 is 0 Å². The number of nitro benzene ring substituents is 1. The fraction of sp³-hybridized carbons (Fsp3) is 0.467. The summed E-state index contributed by atoms with van der Waals surface area (Å²) in [4.78, 5) is 26.3. The predicted octanol–water partition coefficient (Wildman–Crippen LogP) is -0.542. The number of oxime groups is 1. The van der Waals surface area contributed by atoms with Crippen molar-refractivity contribution in [1.82, 2.24) is 5.32 Å². The third-order valence-corrected chi connectivity index (χ3v) is 3.80. The van der Waals surface area contributed by atoms with E-state index in [0.29, 0.717) is 5.56 Å². The first-order valence-electron chi connectivity index (χ1n) is 7.53. The number of rotatable bonds is 5. The van der Waals surface area contributed by atoms with Gasteiger partial charge in [0.15, 0.2) is 0 Å². The molecule has 10 heteroatoms. The molecule has 0 saturated heterocycles. The van der Waals surface area contributed by atoms with E-state index in [1.165, 1.54) is 31.2 Å². The normalized spacial score (nSPS) is 27.8. The molecular formula is C15H19N3O7. The molecule has 0 heterocycles. The van der Waals surface area contributed by atoms with Crippen LogP contribution in [-0.4, -0.2) is 56.2 Å². The van der Waals surface area contributed by atoms with Crippen LogP contribution in [0.5, 0.6) is 0 Å². The van der Waals surface area contributed by atoms with Crippen LogP contribution in [0.3, 0.4) is 0 Å². The molecule has 25 heavy (non-hydrogen) atoms. The number of hydrogen-bond donors (Lipinski definition) is 4. The van der Waals surface area contributed by atoms with E-state index in [1.54, 1.807) is 0 Å². The van der Waals surface area contributed by atoms with Gasteiger partial charge in [0.1, 0.15) is 24.9 Å². The van der Waals surface area contributed by atoms with Crippen molar-refractivity contribution in [2.75, 3.05) is 0 Å². The van der Waals surface area contributed by atoms with Gasteiger partial charge < -0.3 is 25.5 Å². The van der Waals surface area contributed by atoms with Crippen molar-refractivity contribution in [3.05, 3.63) is 39.9 Å². The van der Waals surface area contributed by atoms with Crippen molar-refractivity contribution in [3.8, 4) is 0 Å². The monoisotopic (exact) mass is 353 g/mol. The molecule has 1 aliphatic carbocycles. The Kier molecular flexibility index (Phi) is 6.02. The number of amides is 1. The summed E-state index contributed by atoms with van der Waals surface area (Å²) in [6.07, 6.45) is -4.24. The minimum atomic E-state index is -1.51. The van der Waals surface area contributed by atoms with Gasteiger partial charge in [-0.05, 0) is 17.7 Å². The molecule has 1 aliphatic rings. The number of non-ortho nitro benzene ring substituents is 1. The number of aliphatic hydroxyl groups excluding tert-OH is 3. The van der Waals surface area contributed by atoms with Gasteiger partial charge in [-0.15, -0.1) is 0 Å². The van der Waals surface area contributed by atoms with Crippen LogP contribution in [0.2, 0.25) is 0 Å². The topological polar surface area (TPSA) is 155 Å². The van der Waals surface area contributed by atoms with Gasteiger partial charge in [-0.3, -0.25) is 14.9 Å². The zero-order chi connectivity index (χ0) is 18.6. The van der Waals surface area contributed by atoms with Gasteiger partial charge in [0.2, 0.25) is 5.91 Å². The highest BCUT2D eigenvalue weighted by molar-refractivity contribution is 5.91. The lowest BCUT2D eigenvalue weighted by atomic mass is 9.86. The van der Waals surface area contributed by atoms with Crippen LogP contribution in [-0.2, 0) is 16.2 Å². The maximum Gasteiger partial charge on any atom is 0.269 e. The Morgan fingerprint density at radius 1 is 1.32 bits per heavy atom. The number of aliphatic hydroxyl groups is 3. The number of nitro groups is 1. The quantitative estimate of drug-likeness (QED) is 0.409. The van der Waals surface area contributed by atoms with E-state index in [2.05, 4.69) is 10.5 Å². The first kappa shape index (κ1) is 18.8. The maximum absolute atomic E-state index is 11.1. The van der Waals surface area contributed by atoms with Gasteiger partial charge in [-0.1, -0.05) is 5.16 Å². The lowest BCUT2D eigenvalue weighted by molar-refractivity contribution is -0.384. The second-order valence-corrected chi connectivity index (χ2v) is 5.72. The summed E-state index contributed by atoms with van der Waals surface area (Å²) < 4.78 is 0. The minimum absolute atomic E-state index is 0.00231. The van der Waals surface area contributed by atoms with E-state index in [9.17, 15) is 30.2 Å². The zero-order valence-corrected chi connectivity index (χ0v) is 13.4. The number of benzene rings is 1. The minimum Gasteiger partial charge on any atom is -0.391 e. The van der Waals surface area contributed by atoms with Gasteiger partial charge in [-0.2, -0.15) is 0 Å². The molecule has 0 aromatic heterocycles. The summed E-state index contributed by atoms with van der Waals surface area (Å²) >= 11 is 0. The van der Waals surface area contributed by atoms with Gasteiger partial charge in [0.25, 0.3) is 5.69 Å². The van der Waals surface area contributed by atoms with Gasteiger partial charge in [0, 0.05) is 25.5 Å². The molecule has 2 rings (SSSR count). The fourth-order valence-electron chi connectivity index (χ4n) is 2.48. The summed E-state index contributed by atoms with van der Waals surface area (Å²) in [5.74, 6) is -0.390. The van der Waals surface area contributed by atoms with Crippen molar-refractivity contribution >= 4 is 17.3 Å². The molecule has 4 atom stereocenters. The largest absolute Gasteiger partial charge is 0.391 e. The molecule has 1 aromatic rings. The van der Waals surface area contributed by atoms with Crippen molar-refractivity contribution < 1.29 is 29.9 Å². The molecule has 1 fully saturated rings. The SMILES string of the molecule is CC(=O)N[C@H]1C/C(=N\OCc2ccc([N+](=O)[O-])cc2)[C@H](O)[C@@H](O)[C@@H]1O. The Morgan fingerprint density at radius 2 is 1.96 bits per heavy atom. The third-order valence-electron chi connectivity index (χ3n) is 3.80. The second kappa shape index (κ2) is 8.01. The molecule has 0 bridgehead atoms.